The van der Waals surface area contributed by atoms with E-state index in [2.05, 4.69) is 4.99 Å². The number of carbonyl (C=O) groups excluding carboxylic acids is 1. The number of aliphatic imine (C=N–C) groups is 1. The zero-order valence-electron chi connectivity index (χ0n) is 13.6. The fraction of sp³-hybridized carbons (Fsp3) is 0.500. The van der Waals surface area contributed by atoms with Gasteiger partial charge < -0.3 is 4.90 Å². The fourth-order valence-corrected chi connectivity index (χ4v) is 7.22. The molecule has 2 atom stereocenters. The van der Waals surface area contributed by atoms with Crippen LogP contribution in [-0.4, -0.2) is 42.3 Å². The number of amidine groups is 1. The maximum absolute atomic E-state index is 12.1. The molecule has 25 heavy (non-hydrogen) atoms. The molecule has 1 aromatic carbocycles. The van der Waals surface area contributed by atoms with Crippen molar-refractivity contribution < 1.29 is 13.2 Å². The second kappa shape index (κ2) is 7.47. The molecule has 0 bridgehead atoms. The van der Waals surface area contributed by atoms with Crippen molar-refractivity contribution in [3.05, 3.63) is 28.2 Å². The summed E-state index contributed by atoms with van der Waals surface area (Å²) in [6.07, 6.45) is 2.10. The van der Waals surface area contributed by atoms with E-state index < -0.39 is 9.84 Å². The van der Waals surface area contributed by atoms with Crippen LogP contribution in [0.15, 0.2) is 23.2 Å². The molecule has 1 amide bonds. The molecular formula is C16H18Cl2N2O3S2. The van der Waals surface area contributed by atoms with Gasteiger partial charge in [0.1, 0.15) is 0 Å². The molecule has 2 fully saturated rings. The summed E-state index contributed by atoms with van der Waals surface area (Å²) in [5.74, 6) is -0.0349. The van der Waals surface area contributed by atoms with Crippen LogP contribution in [0.2, 0.25) is 10.0 Å². The number of hydrogen-bond acceptors (Lipinski definition) is 4. The van der Waals surface area contributed by atoms with Crippen molar-refractivity contribution in [3.63, 3.8) is 0 Å². The highest BCUT2D eigenvalue weighted by molar-refractivity contribution is 8.16. The second-order valence-corrected chi connectivity index (χ2v) is 10.3. The van der Waals surface area contributed by atoms with E-state index >= 15 is 0 Å². The Hall–Kier alpha value is -0.760. The molecule has 1 aromatic rings. The summed E-state index contributed by atoms with van der Waals surface area (Å²) in [5, 5.41) is 1.22. The van der Waals surface area contributed by atoms with E-state index in [1.165, 1.54) is 11.8 Å². The van der Waals surface area contributed by atoms with Crippen molar-refractivity contribution in [2.45, 2.75) is 37.5 Å². The first-order valence-electron chi connectivity index (χ1n) is 8.03. The molecule has 0 radical (unpaired) electrons. The van der Waals surface area contributed by atoms with Crippen molar-refractivity contribution in [2.75, 3.05) is 16.4 Å². The summed E-state index contributed by atoms with van der Waals surface area (Å²) in [4.78, 5) is 18.2. The number of hydrogen-bond donors (Lipinski definition) is 0. The summed E-state index contributed by atoms with van der Waals surface area (Å²) < 4.78 is 24.0. The number of rotatable bonds is 4. The number of sulfone groups is 1. The van der Waals surface area contributed by atoms with Crippen LogP contribution < -0.4 is 4.90 Å². The lowest BCUT2D eigenvalue weighted by molar-refractivity contribution is -0.117. The number of amides is 1. The molecule has 3 rings (SSSR count). The van der Waals surface area contributed by atoms with Crippen LogP contribution in [0.1, 0.15) is 26.2 Å². The van der Waals surface area contributed by atoms with Crippen LogP contribution >= 0.6 is 35.0 Å². The molecular weight excluding hydrogens is 403 g/mol. The first-order valence-corrected chi connectivity index (χ1v) is 11.5. The zero-order valence-corrected chi connectivity index (χ0v) is 16.8. The van der Waals surface area contributed by atoms with Gasteiger partial charge in [0.05, 0.1) is 27.6 Å². The molecule has 9 heteroatoms. The third kappa shape index (κ3) is 4.15. The van der Waals surface area contributed by atoms with Crippen molar-refractivity contribution in [1.82, 2.24) is 0 Å². The Morgan fingerprint density at radius 1 is 1.32 bits per heavy atom. The van der Waals surface area contributed by atoms with Crippen molar-refractivity contribution in [3.8, 4) is 0 Å². The molecule has 0 aliphatic carbocycles. The Morgan fingerprint density at radius 2 is 2.08 bits per heavy atom. The Kier molecular flexibility index (Phi) is 5.68. The molecule has 136 valence electrons. The number of anilines is 1. The zero-order chi connectivity index (χ0) is 18.2. The predicted octanol–water partition coefficient (Wildman–Crippen LogP) is 3.79. The summed E-state index contributed by atoms with van der Waals surface area (Å²) in [7, 11) is -3.09. The van der Waals surface area contributed by atoms with E-state index in [0.29, 0.717) is 27.3 Å². The number of benzene rings is 1. The minimum absolute atomic E-state index is 0.0487. The molecule has 0 unspecified atom stereocenters. The molecule has 0 saturated carbocycles. The molecule has 2 aliphatic rings. The second-order valence-electron chi connectivity index (χ2n) is 6.16. The van der Waals surface area contributed by atoms with Gasteiger partial charge in [0, 0.05) is 17.4 Å². The lowest BCUT2D eigenvalue weighted by atomic mass is 10.2. The van der Waals surface area contributed by atoms with Crippen LogP contribution in [0.4, 0.5) is 5.69 Å². The number of halogens is 2. The first kappa shape index (κ1) is 19.0. The summed E-state index contributed by atoms with van der Waals surface area (Å²) in [5.41, 5.74) is 0.702. The number of nitrogens with zero attached hydrogens (tertiary/aromatic N) is 2. The highest BCUT2D eigenvalue weighted by Crippen LogP contribution is 2.42. The van der Waals surface area contributed by atoms with Gasteiger partial charge in [0.15, 0.2) is 15.0 Å². The molecule has 0 N–H and O–H groups in total. The highest BCUT2D eigenvalue weighted by atomic mass is 35.5. The lowest BCUT2D eigenvalue weighted by Gasteiger charge is -2.24. The third-order valence-corrected chi connectivity index (χ3v) is 8.16. The van der Waals surface area contributed by atoms with E-state index in [4.69, 9.17) is 23.2 Å². The molecule has 2 saturated heterocycles. The van der Waals surface area contributed by atoms with Crippen molar-refractivity contribution >= 4 is 61.6 Å². The van der Waals surface area contributed by atoms with E-state index in [9.17, 15) is 13.2 Å². The molecule has 5 nitrogen and oxygen atoms in total. The van der Waals surface area contributed by atoms with Crippen LogP contribution in [-0.2, 0) is 14.6 Å². The summed E-state index contributed by atoms with van der Waals surface area (Å²) in [6, 6.07) is 4.87. The Labute approximate surface area is 161 Å². The number of unbranched alkanes of at least 4 members (excludes halogenated alkanes) is 1. The Bertz CT molecular complexity index is 827. The minimum Gasteiger partial charge on any atom is -0.316 e. The summed E-state index contributed by atoms with van der Waals surface area (Å²) >= 11 is 13.5. The van der Waals surface area contributed by atoms with Gasteiger partial charge in [-0.25, -0.2) is 8.42 Å². The number of thioether (sulfide) groups is 1. The third-order valence-electron chi connectivity index (χ3n) is 4.21. The topological polar surface area (TPSA) is 66.8 Å². The normalized spacial score (nSPS) is 26.2. The van der Waals surface area contributed by atoms with E-state index in [-0.39, 0.29) is 28.7 Å². The number of carbonyl (C=O) groups is 1. The van der Waals surface area contributed by atoms with E-state index in [1.807, 2.05) is 11.8 Å². The van der Waals surface area contributed by atoms with Crippen LogP contribution in [0.3, 0.4) is 0 Å². The quantitative estimate of drug-likeness (QED) is 0.740. The molecule has 0 aromatic heterocycles. The SMILES string of the molecule is CCCCC(=O)N=C1S[C@@H]2CS(=O)(=O)C[C@H]2N1c1ccc(Cl)c(Cl)c1. The van der Waals surface area contributed by atoms with Crippen molar-refractivity contribution in [1.29, 1.82) is 0 Å². The smallest absolute Gasteiger partial charge is 0.248 e. The predicted molar refractivity (Wildman–Crippen MR) is 105 cm³/mol. The van der Waals surface area contributed by atoms with Gasteiger partial charge in [-0.3, -0.25) is 4.79 Å². The molecule has 0 spiro atoms. The van der Waals surface area contributed by atoms with Gasteiger partial charge in [0.2, 0.25) is 5.91 Å². The van der Waals surface area contributed by atoms with Gasteiger partial charge in [-0.1, -0.05) is 48.3 Å². The molecule has 2 aliphatic heterocycles. The van der Waals surface area contributed by atoms with Crippen LogP contribution in [0, 0.1) is 0 Å². The Morgan fingerprint density at radius 3 is 2.76 bits per heavy atom. The van der Waals surface area contributed by atoms with Gasteiger partial charge in [0.25, 0.3) is 0 Å². The largest absolute Gasteiger partial charge is 0.316 e. The van der Waals surface area contributed by atoms with Gasteiger partial charge in [-0.05, 0) is 24.6 Å². The maximum Gasteiger partial charge on any atom is 0.248 e. The number of fused-ring (bicyclic) bond motifs is 1. The van der Waals surface area contributed by atoms with Crippen molar-refractivity contribution in [2.24, 2.45) is 4.99 Å². The van der Waals surface area contributed by atoms with Gasteiger partial charge in [-0.2, -0.15) is 4.99 Å². The fourth-order valence-electron chi connectivity index (χ4n) is 2.99. The van der Waals surface area contributed by atoms with E-state index in [0.717, 1.165) is 12.8 Å². The summed E-state index contributed by atoms with van der Waals surface area (Å²) in [6.45, 7) is 2.02. The van der Waals surface area contributed by atoms with E-state index in [1.54, 1.807) is 18.2 Å². The highest BCUT2D eigenvalue weighted by Gasteiger charge is 2.49. The average Bonchev–Trinajstić information content (AvgIpc) is 2.99. The maximum atomic E-state index is 12.1. The average molecular weight is 421 g/mol. The van der Waals surface area contributed by atoms with Crippen LogP contribution in [0.25, 0.3) is 0 Å². The van der Waals surface area contributed by atoms with Crippen LogP contribution in [0.5, 0.6) is 0 Å². The van der Waals surface area contributed by atoms with Gasteiger partial charge >= 0.3 is 0 Å². The van der Waals surface area contributed by atoms with Gasteiger partial charge in [-0.15, -0.1) is 0 Å². The molecule has 2 heterocycles. The minimum atomic E-state index is -3.09. The standard InChI is InChI=1S/C16H18Cl2N2O3S2/c1-2-3-4-15(21)19-16-20(10-5-6-11(17)12(18)7-10)13-8-25(22,23)9-14(13)24-16/h5-7,13-14H,2-4,8-9H2,1H3/t13-,14-/m1/s1. The Balaban J connectivity index is 1.96. The lowest BCUT2D eigenvalue weighted by Crippen LogP contribution is -2.37. The first-order chi connectivity index (χ1) is 11.8. The monoisotopic (exact) mass is 420 g/mol.